The molecule has 5 saturated carbocycles. The summed E-state index contributed by atoms with van der Waals surface area (Å²) in [4.78, 5) is 12.2. The van der Waals surface area contributed by atoms with Gasteiger partial charge < -0.3 is 14.6 Å². The van der Waals surface area contributed by atoms with E-state index in [0.29, 0.717) is 30.1 Å². The zero-order valence-electron chi connectivity index (χ0n) is 17.3. The van der Waals surface area contributed by atoms with Crippen LogP contribution < -0.4 is 0 Å². The van der Waals surface area contributed by atoms with Crippen LogP contribution in [0.3, 0.4) is 0 Å². The SMILES string of the molecule is COCc1cc(C2CCC3(CC2)OOC2(O3)C3CC4CC(C3)CC2C4)ccc1O. The number of phenols is 1. The minimum atomic E-state index is -0.557. The van der Waals surface area contributed by atoms with Gasteiger partial charge in [-0.15, -0.1) is 0 Å². The Morgan fingerprint density at radius 3 is 2.34 bits per heavy atom. The number of hydrogen-bond acceptors (Lipinski definition) is 5. The fourth-order valence-electron chi connectivity index (χ4n) is 7.32. The van der Waals surface area contributed by atoms with Crippen molar-refractivity contribution in [2.24, 2.45) is 23.7 Å². The topological polar surface area (TPSA) is 57.2 Å². The average molecular weight is 401 g/mol. The first-order chi connectivity index (χ1) is 14.1. The van der Waals surface area contributed by atoms with Crippen molar-refractivity contribution >= 4 is 0 Å². The van der Waals surface area contributed by atoms with E-state index in [1.165, 1.54) is 37.7 Å². The van der Waals surface area contributed by atoms with Crippen LogP contribution in [-0.2, 0) is 25.9 Å². The van der Waals surface area contributed by atoms with Crippen LogP contribution in [0, 0.1) is 23.7 Å². The number of rotatable bonds is 3. The highest BCUT2D eigenvalue weighted by Gasteiger charge is 2.66. The van der Waals surface area contributed by atoms with Gasteiger partial charge >= 0.3 is 0 Å². The predicted molar refractivity (Wildman–Crippen MR) is 106 cm³/mol. The molecule has 4 bridgehead atoms. The molecule has 5 heteroatoms. The molecule has 2 spiro atoms. The first-order valence-corrected chi connectivity index (χ1v) is 11.5. The summed E-state index contributed by atoms with van der Waals surface area (Å²) in [6.45, 7) is 0.434. The van der Waals surface area contributed by atoms with Crippen LogP contribution in [0.1, 0.15) is 74.8 Å². The first-order valence-electron chi connectivity index (χ1n) is 11.5. The van der Waals surface area contributed by atoms with Gasteiger partial charge in [0.05, 0.1) is 6.61 Å². The second-order valence-electron chi connectivity index (χ2n) is 10.3. The summed E-state index contributed by atoms with van der Waals surface area (Å²) in [5, 5.41) is 10.0. The molecule has 29 heavy (non-hydrogen) atoms. The molecular weight excluding hydrogens is 368 g/mol. The number of aromatic hydroxyl groups is 1. The summed E-state index contributed by atoms with van der Waals surface area (Å²) in [6, 6.07) is 5.93. The Bertz CT molecular complexity index is 753. The monoisotopic (exact) mass is 400 g/mol. The quantitative estimate of drug-likeness (QED) is 0.722. The van der Waals surface area contributed by atoms with Gasteiger partial charge in [-0.25, -0.2) is 0 Å². The van der Waals surface area contributed by atoms with Gasteiger partial charge in [-0.1, -0.05) is 6.07 Å². The van der Waals surface area contributed by atoms with E-state index in [0.717, 1.165) is 43.1 Å². The first kappa shape index (κ1) is 18.6. The third kappa shape index (κ3) is 2.88. The summed E-state index contributed by atoms with van der Waals surface area (Å²) in [5.74, 6) is 2.55. The van der Waals surface area contributed by atoms with Crippen molar-refractivity contribution < 1.29 is 24.4 Å². The standard InChI is InChI=1S/C24H32O5/c1-26-14-19-13-18(2-3-22(19)25)17-4-6-23(7-5-17)27-24(29-28-23)20-9-15-8-16(11-20)12-21(24)10-15/h2-3,13,15-17,20-21,25H,4-12,14H2,1H3. The van der Waals surface area contributed by atoms with Crippen molar-refractivity contribution in [2.45, 2.75) is 81.9 Å². The molecule has 6 fully saturated rings. The van der Waals surface area contributed by atoms with Crippen LogP contribution in [-0.4, -0.2) is 23.8 Å². The minimum Gasteiger partial charge on any atom is -0.508 e. The maximum atomic E-state index is 10.0. The molecule has 1 heterocycles. The summed E-state index contributed by atoms with van der Waals surface area (Å²) in [6.07, 6.45) is 10.2. The second kappa shape index (κ2) is 6.68. The molecule has 1 aliphatic heterocycles. The van der Waals surface area contributed by atoms with Gasteiger partial charge in [0, 0.05) is 37.4 Å². The molecule has 0 radical (unpaired) electrons. The lowest BCUT2D eigenvalue weighted by Crippen LogP contribution is -2.59. The zero-order chi connectivity index (χ0) is 19.6. The van der Waals surface area contributed by atoms with E-state index in [2.05, 4.69) is 6.07 Å². The van der Waals surface area contributed by atoms with E-state index < -0.39 is 11.6 Å². The van der Waals surface area contributed by atoms with Crippen molar-refractivity contribution in [1.29, 1.82) is 0 Å². The molecule has 0 atom stereocenters. The molecule has 0 unspecified atom stereocenters. The third-order valence-electron chi connectivity index (χ3n) is 8.57. The fraction of sp³-hybridized carbons (Fsp3) is 0.750. The number of benzene rings is 1. The van der Waals surface area contributed by atoms with Gasteiger partial charge in [0.1, 0.15) is 5.75 Å². The molecule has 7 rings (SSSR count). The van der Waals surface area contributed by atoms with Crippen molar-refractivity contribution in [3.05, 3.63) is 29.3 Å². The van der Waals surface area contributed by atoms with Gasteiger partial charge in [-0.05, 0) is 80.4 Å². The van der Waals surface area contributed by atoms with Crippen LogP contribution in [0.25, 0.3) is 0 Å². The molecule has 0 amide bonds. The van der Waals surface area contributed by atoms with E-state index >= 15 is 0 Å². The largest absolute Gasteiger partial charge is 0.508 e. The fourth-order valence-corrected chi connectivity index (χ4v) is 7.32. The van der Waals surface area contributed by atoms with Crippen LogP contribution >= 0.6 is 0 Å². The predicted octanol–water partition coefficient (Wildman–Crippen LogP) is 5.02. The Hall–Kier alpha value is -1.14. The number of ether oxygens (including phenoxy) is 2. The van der Waals surface area contributed by atoms with Gasteiger partial charge in [-0.3, -0.25) is 0 Å². The van der Waals surface area contributed by atoms with Crippen molar-refractivity contribution in [1.82, 2.24) is 0 Å². The van der Waals surface area contributed by atoms with Gasteiger partial charge in [-0.2, -0.15) is 9.78 Å². The maximum absolute atomic E-state index is 10.0. The Morgan fingerprint density at radius 1 is 1.00 bits per heavy atom. The lowest BCUT2D eigenvalue weighted by Gasteiger charge is -2.57. The Balaban J connectivity index is 1.16. The van der Waals surface area contributed by atoms with E-state index in [1.807, 2.05) is 6.07 Å². The molecule has 5 nitrogen and oxygen atoms in total. The van der Waals surface area contributed by atoms with Crippen LogP contribution in [0.2, 0.25) is 0 Å². The number of methoxy groups -OCH3 is 1. The molecular formula is C24H32O5. The van der Waals surface area contributed by atoms with E-state index in [1.54, 1.807) is 13.2 Å². The Labute approximate surface area is 172 Å². The van der Waals surface area contributed by atoms with E-state index in [4.69, 9.17) is 19.2 Å². The molecule has 1 aromatic carbocycles. The smallest absolute Gasteiger partial charge is 0.210 e. The average Bonchev–Trinajstić information content (AvgIpc) is 3.08. The molecule has 5 aliphatic carbocycles. The van der Waals surface area contributed by atoms with Crippen molar-refractivity contribution in [2.75, 3.05) is 7.11 Å². The minimum absolute atomic E-state index is 0.308. The summed E-state index contributed by atoms with van der Waals surface area (Å²) < 4.78 is 12.0. The Morgan fingerprint density at radius 2 is 1.69 bits per heavy atom. The highest BCUT2D eigenvalue weighted by molar-refractivity contribution is 5.37. The lowest BCUT2D eigenvalue weighted by molar-refractivity contribution is -0.390. The maximum Gasteiger partial charge on any atom is 0.210 e. The highest BCUT2D eigenvalue weighted by atomic mass is 17.3. The third-order valence-corrected chi connectivity index (χ3v) is 8.57. The van der Waals surface area contributed by atoms with E-state index in [-0.39, 0.29) is 0 Å². The van der Waals surface area contributed by atoms with Gasteiger partial charge in [0.2, 0.25) is 11.6 Å². The second-order valence-corrected chi connectivity index (χ2v) is 10.3. The van der Waals surface area contributed by atoms with E-state index in [9.17, 15) is 5.11 Å². The van der Waals surface area contributed by atoms with Crippen molar-refractivity contribution in [3.63, 3.8) is 0 Å². The number of phenolic OH excluding ortho intramolecular Hbond substituents is 1. The van der Waals surface area contributed by atoms with Crippen LogP contribution in [0.5, 0.6) is 5.75 Å². The molecule has 1 saturated heterocycles. The van der Waals surface area contributed by atoms with Crippen LogP contribution in [0.4, 0.5) is 0 Å². The number of hydrogen-bond donors (Lipinski definition) is 1. The normalized spacial score (nSPS) is 45.5. The molecule has 1 aromatic rings. The van der Waals surface area contributed by atoms with Crippen molar-refractivity contribution in [3.8, 4) is 5.75 Å². The van der Waals surface area contributed by atoms with Gasteiger partial charge in [0.25, 0.3) is 0 Å². The summed E-state index contributed by atoms with van der Waals surface area (Å²) in [7, 11) is 1.66. The summed E-state index contributed by atoms with van der Waals surface area (Å²) >= 11 is 0. The lowest BCUT2D eigenvalue weighted by atomic mass is 9.53. The van der Waals surface area contributed by atoms with Gasteiger partial charge in [0.15, 0.2) is 0 Å². The molecule has 0 aromatic heterocycles. The van der Waals surface area contributed by atoms with Crippen LogP contribution in [0.15, 0.2) is 18.2 Å². The Kier molecular flexibility index (Phi) is 4.29. The molecule has 1 N–H and O–H groups in total. The summed E-state index contributed by atoms with van der Waals surface area (Å²) in [5.41, 5.74) is 2.13. The molecule has 6 aliphatic rings. The molecule has 158 valence electrons. The zero-order valence-corrected chi connectivity index (χ0v) is 17.3. The highest BCUT2D eigenvalue weighted by Crippen LogP contribution is 2.64.